The monoisotopic (exact) mass is 1150 g/mol. The van der Waals surface area contributed by atoms with Gasteiger partial charge in [0.25, 0.3) is 0 Å². The quantitative estimate of drug-likeness (QED) is 0.0195. The third-order valence-corrected chi connectivity index (χ3v) is 16.5. The molecule has 11 nitrogen and oxygen atoms in total. The van der Waals surface area contributed by atoms with Crippen LogP contribution in [0.4, 0.5) is 0 Å². The Morgan fingerprint density at radius 1 is 0.444 bits per heavy atom. The van der Waals surface area contributed by atoms with Crippen molar-refractivity contribution in [3.05, 3.63) is 36.5 Å². The molecule has 1 heterocycles. The minimum atomic E-state index is -1.57. The molecule has 0 saturated carbocycles. The van der Waals surface area contributed by atoms with Gasteiger partial charge in [-0.2, -0.15) is 0 Å². The summed E-state index contributed by atoms with van der Waals surface area (Å²) >= 11 is 0. The summed E-state index contributed by atoms with van der Waals surface area (Å²) in [5.41, 5.74) is 0. The highest BCUT2D eigenvalue weighted by Crippen LogP contribution is 2.23. The van der Waals surface area contributed by atoms with E-state index in [0.717, 1.165) is 51.4 Å². The second-order valence-electron chi connectivity index (χ2n) is 24.2. The molecular formula is C70H131NO10. The number of rotatable bonds is 61. The van der Waals surface area contributed by atoms with Crippen molar-refractivity contribution >= 4 is 11.9 Å². The normalized spacial score (nSPS) is 18.4. The number of aliphatic hydroxyl groups excluding tert-OH is 5. The van der Waals surface area contributed by atoms with E-state index in [1.165, 1.54) is 257 Å². The lowest BCUT2D eigenvalue weighted by Crippen LogP contribution is -2.60. The highest BCUT2D eigenvalue weighted by atomic mass is 16.7. The molecule has 81 heavy (non-hydrogen) atoms. The second-order valence-corrected chi connectivity index (χ2v) is 24.2. The molecule has 1 saturated heterocycles. The summed E-state index contributed by atoms with van der Waals surface area (Å²) in [5.74, 6) is -0.180. The van der Waals surface area contributed by atoms with Gasteiger partial charge in [0.1, 0.15) is 24.4 Å². The van der Waals surface area contributed by atoms with E-state index in [-0.39, 0.29) is 18.5 Å². The van der Waals surface area contributed by atoms with Crippen molar-refractivity contribution in [2.24, 2.45) is 0 Å². The zero-order chi connectivity index (χ0) is 58.7. The van der Waals surface area contributed by atoms with Crippen LogP contribution >= 0.6 is 0 Å². The molecule has 0 spiro atoms. The molecule has 7 unspecified atom stereocenters. The number of nitrogens with one attached hydrogen (secondary N) is 1. The van der Waals surface area contributed by atoms with Gasteiger partial charge < -0.3 is 45.1 Å². The average molecular weight is 1150 g/mol. The van der Waals surface area contributed by atoms with Gasteiger partial charge in [-0.05, 0) is 70.6 Å². The SMILES string of the molecule is CCCCCCC/C=C/CC/C=C/C(O)C(COC1OC(CO)C(O)C(O)C1O)NC(=O)CCCCCCCCCCCCCCCCC/C=C\CCCCCCCCCCCCCCOC(=O)CCCCCCCCCCCCC. The first kappa shape index (κ1) is 76.9. The standard InChI is InChI=1S/C70H131NO10/c1-3-5-7-9-11-13-36-40-44-48-52-56-63(73)62(61-80-70-69(78)68(77)67(76)64(60-72)81-70)71-65(74)57-53-49-45-41-38-34-32-30-28-26-24-22-20-18-16-15-17-19-21-23-25-27-29-31-33-35-39-43-47-51-55-59-79-66(75)58-54-50-46-42-37-14-12-10-8-6-4-2/h17,19,36,40,52,56,62-64,67-70,72-73,76-78H,3-16,18,20-35,37-39,41-51,53-55,57-61H2,1-2H3,(H,71,74)/b19-17-,40-36+,56-52+. The van der Waals surface area contributed by atoms with E-state index < -0.39 is 49.5 Å². The predicted octanol–water partition coefficient (Wildman–Crippen LogP) is 17.4. The first-order valence-electron chi connectivity index (χ1n) is 34.8. The van der Waals surface area contributed by atoms with Crippen LogP contribution in [0.3, 0.4) is 0 Å². The Balaban J connectivity index is 1.95. The maximum Gasteiger partial charge on any atom is 0.305 e. The Kier molecular flexibility index (Phi) is 56.6. The van der Waals surface area contributed by atoms with Crippen LogP contribution in [0.1, 0.15) is 335 Å². The highest BCUT2D eigenvalue weighted by molar-refractivity contribution is 5.76. The molecule has 1 aliphatic rings. The summed E-state index contributed by atoms with van der Waals surface area (Å²) in [4.78, 5) is 25.1. The third kappa shape index (κ3) is 48.8. The van der Waals surface area contributed by atoms with E-state index in [1.54, 1.807) is 6.08 Å². The van der Waals surface area contributed by atoms with Gasteiger partial charge in [-0.25, -0.2) is 0 Å². The maximum absolute atomic E-state index is 13.0. The molecule has 0 aliphatic carbocycles. The molecule has 476 valence electrons. The van der Waals surface area contributed by atoms with E-state index in [0.29, 0.717) is 19.4 Å². The van der Waals surface area contributed by atoms with Crippen molar-refractivity contribution in [3.63, 3.8) is 0 Å². The molecule has 1 amide bonds. The first-order valence-corrected chi connectivity index (χ1v) is 34.8. The Labute approximate surface area is 498 Å². The first-order chi connectivity index (χ1) is 39.7. The number of aliphatic hydroxyl groups is 5. The number of unbranched alkanes of at least 4 members (excludes halogenated alkanes) is 43. The lowest BCUT2D eigenvalue weighted by atomic mass is 9.99. The van der Waals surface area contributed by atoms with Gasteiger partial charge in [0.05, 0.1) is 32.0 Å². The van der Waals surface area contributed by atoms with Crippen LogP contribution in [-0.2, 0) is 23.8 Å². The van der Waals surface area contributed by atoms with Crippen LogP contribution in [0.2, 0.25) is 0 Å². The van der Waals surface area contributed by atoms with Gasteiger partial charge in [-0.15, -0.1) is 0 Å². The molecule has 0 aromatic heterocycles. The van der Waals surface area contributed by atoms with Gasteiger partial charge in [-0.3, -0.25) is 9.59 Å². The Hall–Kier alpha value is -2.12. The van der Waals surface area contributed by atoms with E-state index in [1.807, 2.05) is 6.08 Å². The summed E-state index contributed by atoms with van der Waals surface area (Å²) in [5, 5.41) is 54.4. The number of esters is 1. The van der Waals surface area contributed by atoms with E-state index in [2.05, 4.69) is 43.5 Å². The summed E-state index contributed by atoms with van der Waals surface area (Å²) < 4.78 is 16.7. The smallest absolute Gasteiger partial charge is 0.305 e. The van der Waals surface area contributed by atoms with Gasteiger partial charge >= 0.3 is 5.97 Å². The molecule has 7 atom stereocenters. The van der Waals surface area contributed by atoms with Crippen LogP contribution in [0.25, 0.3) is 0 Å². The summed E-state index contributed by atoms with van der Waals surface area (Å²) in [6, 6.07) is -0.825. The fourth-order valence-electron chi connectivity index (χ4n) is 11.0. The van der Waals surface area contributed by atoms with Crippen molar-refractivity contribution in [2.45, 2.75) is 378 Å². The van der Waals surface area contributed by atoms with Gasteiger partial charge in [0.15, 0.2) is 6.29 Å². The van der Waals surface area contributed by atoms with Crippen molar-refractivity contribution in [3.8, 4) is 0 Å². The van der Waals surface area contributed by atoms with E-state index in [9.17, 15) is 35.1 Å². The fraction of sp³-hybridized carbons (Fsp3) is 0.886. The molecule has 1 aliphatic heterocycles. The Morgan fingerprint density at radius 3 is 1.22 bits per heavy atom. The van der Waals surface area contributed by atoms with Crippen LogP contribution in [0.15, 0.2) is 36.5 Å². The fourth-order valence-corrected chi connectivity index (χ4v) is 11.0. The number of carbonyl (C=O) groups is 2. The molecule has 1 fully saturated rings. The maximum atomic E-state index is 13.0. The molecule has 0 aromatic carbocycles. The van der Waals surface area contributed by atoms with Crippen LogP contribution in [0.5, 0.6) is 0 Å². The average Bonchev–Trinajstić information content (AvgIpc) is 3.47. The topological polar surface area (TPSA) is 175 Å². The molecule has 11 heteroatoms. The minimum absolute atomic E-state index is 0.00935. The summed E-state index contributed by atoms with van der Waals surface area (Å²) in [6.45, 7) is 4.33. The van der Waals surface area contributed by atoms with Crippen molar-refractivity contribution in [2.75, 3.05) is 19.8 Å². The molecule has 1 rings (SSSR count). The lowest BCUT2D eigenvalue weighted by molar-refractivity contribution is -0.302. The van der Waals surface area contributed by atoms with Crippen LogP contribution in [-0.4, -0.2) is 100 Å². The molecule has 0 aromatic rings. The number of ether oxygens (including phenoxy) is 3. The number of allylic oxidation sites excluding steroid dienone is 5. The second kappa shape index (κ2) is 59.6. The summed E-state index contributed by atoms with van der Waals surface area (Å²) in [6.07, 6.45) is 65.7. The zero-order valence-electron chi connectivity index (χ0n) is 52.8. The molecule has 6 N–H and O–H groups in total. The number of hydrogen-bond acceptors (Lipinski definition) is 10. The number of hydrogen-bond donors (Lipinski definition) is 6. The van der Waals surface area contributed by atoms with Crippen molar-refractivity contribution in [1.82, 2.24) is 5.32 Å². The minimum Gasteiger partial charge on any atom is -0.466 e. The number of carbonyl (C=O) groups excluding carboxylic acids is 2. The summed E-state index contributed by atoms with van der Waals surface area (Å²) in [7, 11) is 0. The molecule has 0 radical (unpaired) electrons. The van der Waals surface area contributed by atoms with E-state index in [4.69, 9.17) is 14.2 Å². The predicted molar refractivity (Wildman–Crippen MR) is 338 cm³/mol. The van der Waals surface area contributed by atoms with Gasteiger partial charge in [-0.1, -0.05) is 288 Å². The zero-order valence-corrected chi connectivity index (χ0v) is 52.8. The number of amides is 1. The molecular weight excluding hydrogens is 1010 g/mol. The highest BCUT2D eigenvalue weighted by Gasteiger charge is 2.44. The van der Waals surface area contributed by atoms with Gasteiger partial charge in [0.2, 0.25) is 5.91 Å². The Bertz CT molecular complexity index is 1440. The molecule has 0 bridgehead atoms. The largest absolute Gasteiger partial charge is 0.466 e. The van der Waals surface area contributed by atoms with Crippen LogP contribution in [0, 0.1) is 0 Å². The lowest BCUT2D eigenvalue weighted by Gasteiger charge is -2.40. The van der Waals surface area contributed by atoms with E-state index >= 15 is 0 Å². The third-order valence-electron chi connectivity index (χ3n) is 16.5. The van der Waals surface area contributed by atoms with Crippen molar-refractivity contribution < 1.29 is 49.3 Å². The van der Waals surface area contributed by atoms with Crippen molar-refractivity contribution in [1.29, 1.82) is 0 Å². The Morgan fingerprint density at radius 2 is 0.802 bits per heavy atom. The van der Waals surface area contributed by atoms with Crippen LogP contribution < -0.4 is 5.32 Å². The van der Waals surface area contributed by atoms with Gasteiger partial charge in [0, 0.05) is 12.8 Å².